The number of aryl methyl sites for hydroxylation is 1. The molecule has 6 nitrogen and oxygen atoms in total. The van der Waals surface area contributed by atoms with Gasteiger partial charge in [0.1, 0.15) is 23.1 Å². The van der Waals surface area contributed by atoms with Crippen LogP contribution in [-0.2, 0) is 0 Å². The van der Waals surface area contributed by atoms with Crippen LogP contribution in [0.1, 0.15) is 48.4 Å². The van der Waals surface area contributed by atoms with Gasteiger partial charge in [0.25, 0.3) is 5.91 Å². The van der Waals surface area contributed by atoms with E-state index in [-0.39, 0.29) is 5.91 Å². The number of methoxy groups -OCH3 is 1. The summed E-state index contributed by atoms with van der Waals surface area (Å²) < 4.78 is 5.12. The molecule has 1 heterocycles. The van der Waals surface area contributed by atoms with E-state index in [0.717, 1.165) is 24.4 Å². The number of rotatable bonds is 5. The molecule has 0 bridgehead atoms. The number of nitrogens with zero attached hydrogens (tertiary/aromatic N) is 2. The Hall–Kier alpha value is -2.63. The number of ether oxygens (including phenoxy) is 1. The largest absolute Gasteiger partial charge is 0.497 e. The monoisotopic (exact) mass is 340 g/mol. The van der Waals surface area contributed by atoms with Crippen molar-refractivity contribution in [1.29, 1.82) is 0 Å². The van der Waals surface area contributed by atoms with Crippen LogP contribution in [0.3, 0.4) is 0 Å². The summed E-state index contributed by atoms with van der Waals surface area (Å²) in [5, 5.41) is 6.30. The lowest BCUT2D eigenvalue weighted by Crippen LogP contribution is -2.24. The van der Waals surface area contributed by atoms with E-state index in [1.165, 1.54) is 19.3 Å². The molecule has 0 aliphatic heterocycles. The van der Waals surface area contributed by atoms with E-state index in [0.29, 0.717) is 23.2 Å². The van der Waals surface area contributed by atoms with Crippen molar-refractivity contribution < 1.29 is 9.53 Å². The lowest BCUT2D eigenvalue weighted by molar-refractivity contribution is 0.102. The Morgan fingerprint density at radius 1 is 1.12 bits per heavy atom. The van der Waals surface area contributed by atoms with Crippen LogP contribution in [0, 0.1) is 6.92 Å². The lowest BCUT2D eigenvalue weighted by Gasteiger charge is -2.23. The molecule has 1 aromatic carbocycles. The average Bonchev–Trinajstić information content (AvgIpc) is 2.62. The van der Waals surface area contributed by atoms with Gasteiger partial charge in [-0.3, -0.25) is 4.79 Å². The Labute approximate surface area is 148 Å². The summed E-state index contributed by atoms with van der Waals surface area (Å²) >= 11 is 0. The molecular formula is C19H24N4O2. The number of hydrogen-bond acceptors (Lipinski definition) is 5. The predicted octanol–water partition coefficient (Wildman–Crippen LogP) is 3.79. The fourth-order valence-corrected chi connectivity index (χ4v) is 3.08. The van der Waals surface area contributed by atoms with E-state index >= 15 is 0 Å². The topological polar surface area (TPSA) is 76.1 Å². The molecule has 0 atom stereocenters. The molecule has 25 heavy (non-hydrogen) atoms. The molecule has 1 aromatic heterocycles. The van der Waals surface area contributed by atoms with Gasteiger partial charge in [0.15, 0.2) is 0 Å². The van der Waals surface area contributed by atoms with E-state index in [2.05, 4.69) is 20.6 Å². The molecule has 0 unspecified atom stereocenters. The van der Waals surface area contributed by atoms with Crippen molar-refractivity contribution in [1.82, 2.24) is 9.97 Å². The first kappa shape index (κ1) is 17.2. The van der Waals surface area contributed by atoms with Crippen LogP contribution in [0.25, 0.3) is 0 Å². The molecule has 0 radical (unpaired) electrons. The molecule has 0 spiro atoms. The summed E-state index contributed by atoms with van der Waals surface area (Å²) in [4.78, 5) is 21.2. The zero-order valence-corrected chi connectivity index (χ0v) is 14.7. The van der Waals surface area contributed by atoms with Crippen LogP contribution in [-0.4, -0.2) is 29.0 Å². The second kappa shape index (κ2) is 7.96. The van der Waals surface area contributed by atoms with Gasteiger partial charge < -0.3 is 15.4 Å². The second-order valence-electron chi connectivity index (χ2n) is 6.35. The zero-order valence-electron chi connectivity index (χ0n) is 14.7. The van der Waals surface area contributed by atoms with E-state index in [1.54, 1.807) is 44.4 Å². The Morgan fingerprint density at radius 3 is 2.52 bits per heavy atom. The third-order valence-corrected chi connectivity index (χ3v) is 4.38. The molecule has 1 aliphatic rings. The molecule has 3 rings (SSSR count). The zero-order chi connectivity index (χ0) is 17.6. The maximum atomic E-state index is 12.5. The van der Waals surface area contributed by atoms with Crippen molar-refractivity contribution in [2.24, 2.45) is 0 Å². The van der Waals surface area contributed by atoms with Gasteiger partial charge in [-0.25, -0.2) is 9.97 Å². The van der Waals surface area contributed by atoms with Gasteiger partial charge in [-0.05, 0) is 44.0 Å². The van der Waals surface area contributed by atoms with E-state index in [9.17, 15) is 4.79 Å². The van der Waals surface area contributed by atoms with Crippen molar-refractivity contribution >= 4 is 17.4 Å². The third-order valence-electron chi connectivity index (χ3n) is 4.38. The smallest absolute Gasteiger partial charge is 0.274 e. The molecule has 1 amide bonds. The summed E-state index contributed by atoms with van der Waals surface area (Å²) in [5.41, 5.74) is 1.06. The molecule has 132 valence electrons. The summed E-state index contributed by atoms with van der Waals surface area (Å²) in [7, 11) is 1.61. The maximum absolute atomic E-state index is 12.5. The van der Waals surface area contributed by atoms with Crippen LogP contribution in [0.4, 0.5) is 11.5 Å². The van der Waals surface area contributed by atoms with Crippen molar-refractivity contribution in [2.45, 2.75) is 45.1 Å². The van der Waals surface area contributed by atoms with Crippen LogP contribution < -0.4 is 15.4 Å². The highest BCUT2D eigenvalue weighted by molar-refractivity contribution is 6.03. The minimum Gasteiger partial charge on any atom is -0.497 e. The van der Waals surface area contributed by atoms with Crippen molar-refractivity contribution in [3.05, 3.63) is 41.9 Å². The number of carbonyl (C=O) groups excluding carboxylic acids is 1. The highest BCUT2D eigenvalue weighted by Crippen LogP contribution is 2.21. The number of aromatic nitrogens is 2. The van der Waals surface area contributed by atoms with Gasteiger partial charge in [0, 0.05) is 17.8 Å². The minimum absolute atomic E-state index is 0.248. The van der Waals surface area contributed by atoms with Crippen molar-refractivity contribution in [3.63, 3.8) is 0 Å². The van der Waals surface area contributed by atoms with Crippen LogP contribution in [0.5, 0.6) is 5.75 Å². The Morgan fingerprint density at radius 2 is 1.84 bits per heavy atom. The molecule has 6 heteroatoms. The molecule has 0 saturated heterocycles. The Kier molecular flexibility index (Phi) is 5.48. The van der Waals surface area contributed by atoms with Gasteiger partial charge in [-0.1, -0.05) is 19.3 Å². The molecule has 1 aliphatic carbocycles. The normalized spacial score (nSPS) is 14.8. The average molecular weight is 340 g/mol. The quantitative estimate of drug-likeness (QED) is 0.866. The van der Waals surface area contributed by atoms with Crippen molar-refractivity contribution in [2.75, 3.05) is 17.7 Å². The summed E-state index contributed by atoms with van der Waals surface area (Å²) in [5.74, 6) is 1.80. The number of amides is 1. The van der Waals surface area contributed by atoms with Gasteiger partial charge in [0.05, 0.1) is 7.11 Å². The predicted molar refractivity (Wildman–Crippen MR) is 98.2 cm³/mol. The fourth-order valence-electron chi connectivity index (χ4n) is 3.08. The molecular weight excluding hydrogens is 316 g/mol. The number of nitrogens with one attached hydrogen (secondary N) is 2. The molecule has 2 aromatic rings. The number of hydrogen-bond donors (Lipinski definition) is 2. The highest BCUT2D eigenvalue weighted by Gasteiger charge is 2.16. The Balaban J connectivity index is 1.70. The number of benzene rings is 1. The fraction of sp³-hybridized carbons (Fsp3) is 0.421. The lowest BCUT2D eigenvalue weighted by atomic mass is 9.95. The summed E-state index contributed by atoms with van der Waals surface area (Å²) in [6, 6.07) is 9.35. The first-order valence-electron chi connectivity index (χ1n) is 8.71. The van der Waals surface area contributed by atoms with E-state index < -0.39 is 0 Å². The maximum Gasteiger partial charge on any atom is 0.274 e. The third kappa shape index (κ3) is 4.68. The second-order valence-corrected chi connectivity index (χ2v) is 6.35. The van der Waals surface area contributed by atoms with Gasteiger partial charge >= 0.3 is 0 Å². The van der Waals surface area contributed by atoms with Crippen LogP contribution in [0.2, 0.25) is 0 Å². The highest BCUT2D eigenvalue weighted by atomic mass is 16.5. The standard InChI is InChI=1S/C19H24N4O2/c1-13-20-17(12-18(21-13)22-14-6-4-3-5-7-14)19(24)23-15-8-10-16(25-2)11-9-15/h8-12,14H,3-7H2,1-2H3,(H,23,24)(H,20,21,22). The van der Waals surface area contributed by atoms with Crippen molar-refractivity contribution in [3.8, 4) is 5.75 Å². The summed E-state index contributed by atoms with van der Waals surface area (Å²) in [6.07, 6.45) is 6.09. The first-order valence-corrected chi connectivity index (χ1v) is 8.71. The van der Waals surface area contributed by atoms with Gasteiger partial charge in [-0.15, -0.1) is 0 Å². The SMILES string of the molecule is COc1ccc(NC(=O)c2cc(NC3CCCCC3)nc(C)n2)cc1. The van der Waals surface area contributed by atoms with Gasteiger partial charge in [-0.2, -0.15) is 0 Å². The molecule has 1 fully saturated rings. The summed E-state index contributed by atoms with van der Waals surface area (Å²) in [6.45, 7) is 1.80. The van der Waals surface area contributed by atoms with Crippen LogP contribution in [0.15, 0.2) is 30.3 Å². The first-order chi connectivity index (χ1) is 12.1. The van der Waals surface area contributed by atoms with E-state index in [4.69, 9.17) is 4.74 Å². The van der Waals surface area contributed by atoms with E-state index in [1.807, 2.05) is 0 Å². The Bertz CT molecular complexity index is 725. The molecule has 2 N–H and O–H groups in total. The minimum atomic E-state index is -0.248. The molecule has 1 saturated carbocycles. The number of anilines is 2. The van der Waals surface area contributed by atoms with Gasteiger partial charge in [0.2, 0.25) is 0 Å². The number of carbonyl (C=O) groups is 1. The van der Waals surface area contributed by atoms with Crippen LogP contribution >= 0.6 is 0 Å².